The summed E-state index contributed by atoms with van der Waals surface area (Å²) in [5, 5.41) is 5.00. The second-order valence-electron chi connectivity index (χ2n) is 7.98. The van der Waals surface area contributed by atoms with Crippen LogP contribution in [0.5, 0.6) is 0 Å². The third-order valence-corrected chi connectivity index (χ3v) is 5.91. The summed E-state index contributed by atoms with van der Waals surface area (Å²) in [6.45, 7) is 2.62. The van der Waals surface area contributed by atoms with Gasteiger partial charge in [0, 0.05) is 24.6 Å². The van der Waals surface area contributed by atoms with Gasteiger partial charge in [0.05, 0.1) is 40.7 Å². The van der Waals surface area contributed by atoms with E-state index in [0.717, 1.165) is 23.9 Å². The number of ether oxygens (including phenoxy) is 1. The molecule has 1 atom stereocenters. The van der Waals surface area contributed by atoms with E-state index in [4.69, 9.17) is 16.3 Å². The number of hydrogen-bond acceptors (Lipinski definition) is 5. The molecule has 1 amide bonds. The first-order valence-corrected chi connectivity index (χ1v) is 11.2. The lowest BCUT2D eigenvalue weighted by atomic mass is 9.98. The van der Waals surface area contributed by atoms with Crippen molar-refractivity contribution < 1.29 is 27.1 Å². The average Bonchev–Trinajstić information content (AvgIpc) is 3.33. The van der Waals surface area contributed by atoms with Gasteiger partial charge in [-0.3, -0.25) is 9.78 Å². The zero-order chi connectivity index (χ0) is 25.2. The molecule has 1 unspecified atom stereocenters. The molecule has 1 aliphatic rings. The molecule has 4 rings (SSSR count). The lowest BCUT2D eigenvalue weighted by Crippen LogP contribution is -2.23. The summed E-state index contributed by atoms with van der Waals surface area (Å²) in [6, 6.07) is 4.40. The molecule has 2 aromatic heterocycles. The maximum atomic E-state index is 15.0. The van der Waals surface area contributed by atoms with Crippen LogP contribution in [0.2, 0.25) is 5.02 Å². The van der Waals surface area contributed by atoms with Gasteiger partial charge in [0.25, 0.3) is 5.91 Å². The van der Waals surface area contributed by atoms with Crippen LogP contribution in [-0.4, -0.2) is 35.1 Å². The minimum atomic E-state index is -4.72. The van der Waals surface area contributed by atoms with Crippen molar-refractivity contribution in [1.82, 2.24) is 9.97 Å². The number of halogens is 5. The Morgan fingerprint density at radius 1 is 1.23 bits per heavy atom. The van der Waals surface area contributed by atoms with E-state index in [1.165, 1.54) is 12.3 Å². The Hall–Kier alpha value is -3.24. The smallest absolute Gasteiger partial charge is 0.379 e. The van der Waals surface area contributed by atoms with Crippen LogP contribution in [-0.2, 0) is 17.3 Å². The quantitative estimate of drug-likeness (QED) is 0.401. The molecule has 1 fully saturated rings. The highest BCUT2D eigenvalue weighted by Crippen LogP contribution is 2.36. The van der Waals surface area contributed by atoms with Gasteiger partial charge < -0.3 is 15.4 Å². The van der Waals surface area contributed by atoms with Crippen LogP contribution in [0.1, 0.15) is 34.8 Å². The maximum absolute atomic E-state index is 15.0. The van der Waals surface area contributed by atoms with E-state index in [0.29, 0.717) is 25.0 Å². The van der Waals surface area contributed by atoms with Gasteiger partial charge in [0.1, 0.15) is 11.6 Å². The number of benzene rings is 1. The highest BCUT2D eigenvalue weighted by Gasteiger charge is 2.36. The first-order valence-electron chi connectivity index (χ1n) is 10.8. The van der Waals surface area contributed by atoms with Gasteiger partial charge in [0.2, 0.25) is 0 Å². The van der Waals surface area contributed by atoms with Gasteiger partial charge >= 0.3 is 6.18 Å². The van der Waals surface area contributed by atoms with Gasteiger partial charge in [-0.1, -0.05) is 18.5 Å². The lowest BCUT2D eigenvalue weighted by molar-refractivity contribution is -0.137. The molecule has 1 aliphatic heterocycles. The Morgan fingerprint density at radius 3 is 2.71 bits per heavy atom. The van der Waals surface area contributed by atoms with E-state index in [9.17, 15) is 22.4 Å². The van der Waals surface area contributed by atoms with Crippen LogP contribution in [0, 0.1) is 5.82 Å². The molecule has 35 heavy (non-hydrogen) atoms. The number of anilines is 2. The van der Waals surface area contributed by atoms with E-state index < -0.39 is 23.5 Å². The summed E-state index contributed by atoms with van der Waals surface area (Å²) in [5.74, 6) is -1.93. The van der Waals surface area contributed by atoms with E-state index in [1.807, 2.05) is 6.92 Å². The predicted molar refractivity (Wildman–Crippen MR) is 124 cm³/mol. The van der Waals surface area contributed by atoms with E-state index in [1.54, 1.807) is 12.3 Å². The number of nitrogens with zero attached hydrogens (tertiary/aromatic N) is 2. The van der Waals surface area contributed by atoms with Crippen LogP contribution in [0.15, 0.2) is 42.9 Å². The fourth-order valence-electron chi connectivity index (χ4n) is 3.80. The van der Waals surface area contributed by atoms with Gasteiger partial charge in [-0.15, -0.1) is 0 Å². The highest BCUT2D eigenvalue weighted by atomic mass is 35.5. The molecule has 0 saturated carbocycles. The Morgan fingerprint density at radius 2 is 2.03 bits per heavy atom. The number of aromatic nitrogens is 2. The number of alkyl halides is 3. The number of nitrogens with one attached hydrogen (secondary N) is 2. The van der Waals surface area contributed by atoms with Crippen molar-refractivity contribution in [1.29, 1.82) is 0 Å². The zero-order valence-corrected chi connectivity index (χ0v) is 19.3. The molecule has 11 heteroatoms. The van der Waals surface area contributed by atoms with Crippen LogP contribution in [0.25, 0.3) is 11.1 Å². The van der Waals surface area contributed by atoms with E-state index >= 15 is 0 Å². The number of carbonyl (C=O) groups excluding carboxylic acids is 1. The molecule has 0 bridgehead atoms. The summed E-state index contributed by atoms with van der Waals surface area (Å²) < 4.78 is 61.1. The molecular weight excluding hydrogens is 488 g/mol. The third kappa shape index (κ3) is 5.54. The average molecular weight is 509 g/mol. The summed E-state index contributed by atoms with van der Waals surface area (Å²) in [4.78, 5) is 20.7. The highest BCUT2D eigenvalue weighted by molar-refractivity contribution is 6.34. The first kappa shape index (κ1) is 24.9. The third-order valence-electron chi connectivity index (χ3n) is 5.60. The molecule has 1 saturated heterocycles. The Kier molecular flexibility index (Phi) is 7.23. The SMILES string of the molecule is CCc1cnccc1-c1cc(Cl)c(C(=O)Nc2cnc(NC3CCOC3)c(C(F)(F)F)c2)cc1F. The van der Waals surface area contributed by atoms with Crippen molar-refractivity contribution in [2.75, 3.05) is 23.8 Å². The van der Waals surface area contributed by atoms with Gasteiger partial charge in [-0.05, 0) is 48.2 Å². The number of pyridine rings is 2. The van der Waals surface area contributed by atoms with Gasteiger partial charge in [-0.2, -0.15) is 13.2 Å². The van der Waals surface area contributed by atoms with Crippen molar-refractivity contribution in [3.8, 4) is 11.1 Å². The topological polar surface area (TPSA) is 76.1 Å². The maximum Gasteiger partial charge on any atom is 0.420 e. The number of amides is 1. The van der Waals surface area contributed by atoms with Gasteiger partial charge in [0.15, 0.2) is 0 Å². The monoisotopic (exact) mass is 508 g/mol. The number of hydrogen-bond donors (Lipinski definition) is 2. The molecule has 184 valence electrons. The summed E-state index contributed by atoms with van der Waals surface area (Å²) in [5.41, 5.74) is 0.0991. The lowest BCUT2D eigenvalue weighted by Gasteiger charge is -2.18. The predicted octanol–water partition coefficient (Wildman–Crippen LogP) is 5.97. The molecule has 0 spiro atoms. The number of carbonyl (C=O) groups is 1. The first-order chi connectivity index (χ1) is 16.7. The fourth-order valence-corrected chi connectivity index (χ4v) is 4.05. The fraction of sp³-hybridized carbons (Fsp3) is 0.292. The van der Waals surface area contributed by atoms with Crippen LogP contribution in [0.4, 0.5) is 29.1 Å². The Bertz CT molecular complexity index is 1250. The van der Waals surface area contributed by atoms with Crippen molar-refractivity contribution >= 4 is 29.0 Å². The Balaban J connectivity index is 1.60. The largest absolute Gasteiger partial charge is 0.420 e. The van der Waals surface area contributed by atoms with E-state index in [-0.39, 0.29) is 40.3 Å². The molecule has 0 aliphatic carbocycles. The van der Waals surface area contributed by atoms with Gasteiger partial charge in [-0.25, -0.2) is 9.37 Å². The number of aryl methyl sites for hydroxylation is 1. The molecule has 6 nitrogen and oxygen atoms in total. The summed E-state index contributed by atoms with van der Waals surface area (Å²) in [6.07, 6.45) is 0.669. The van der Waals surface area contributed by atoms with Crippen molar-refractivity contribution in [3.05, 3.63) is 70.4 Å². The molecular formula is C24H21ClF4N4O2. The molecule has 3 heterocycles. The summed E-state index contributed by atoms with van der Waals surface area (Å²) in [7, 11) is 0. The van der Waals surface area contributed by atoms with Crippen LogP contribution in [0.3, 0.4) is 0 Å². The van der Waals surface area contributed by atoms with Crippen molar-refractivity contribution in [2.24, 2.45) is 0 Å². The molecule has 1 aromatic carbocycles. The van der Waals surface area contributed by atoms with E-state index in [2.05, 4.69) is 20.6 Å². The minimum Gasteiger partial charge on any atom is -0.379 e. The normalized spacial score (nSPS) is 15.8. The zero-order valence-electron chi connectivity index (χ0n) is 18.5. The van der Waals surface area contributed by atoms with Crippen molar-refractivity contribution in [2.45, 2.75) is 32.0 Å². The minimum absolute atomic E-state index is 0.0544. The molecule has 3 aromatic rings. The van der Waals surface area contributed by atoms with Crippen molar-refractivity contribution in [3.63, 3.8) is 0 Å². The molecule has 0 radical (unpaired) electrons. The molecule has 2 N–H and O–H groups in total. The van der Waals surface area contributed by atoms with Crippen LogP contribution < -0.4 is 10.6 Å². The van der Waals surface area contributed by atoms with Crippen LogP contribution >= 0.6 is 11.6 Å². The standard InChI is InChI=1S/C24H21ClF4N4O2/c1-2-13-10-30-5-3-16(13)17-8-20(25)18(9-21(17)26)23(34)33-15-7-19(24(27,28)29)22(31-11-15)32-14-4-6-35-12-14/h3,5,7-11,14H,2,4,6,12H2,1H3,(H,31,32)(H,33,34). The second-order valence-corrected chi connectivity index (χ2v) is 8.38. The number of rotatable bonds is 6. The Labute approximate surface area is 203 Å². The second kappa shape index (κ2) is 10.2. The summed E-state index contributed by atoms with van der Waals surface area (Å²) >= 11 is 6.27.